The van der Waals surface area contributed by atoms with E-state index in [1.54, 1.807) is 0 Å². The minimum absolute atomic E-state index is 0.0604. The second kappa shape index (κ2) is 12.9. The van der Waals surface area contributed by atoms with Crippen molar-refractivity contribution in [3.63, 3.8) is 0 Å². The molecular weight excluding hydrogens is 665 g/mol. The lowest BCUT2D eigenvalue weighted by Gasteiger charge is -2.12. The minimum Gasteiger partial charge on any atom is -0.281 e. The summed E-state index contributed by atoms with van der Waals surface area (Å²) in [5, 5.41) is 7.99. The van der Waals surface area contributed by atoms with Crippen LogP contribution in [-0.4, -0.2) is 35.7 Å². The molecule has 0 saturated heterocycles. The van der Waals surface area contributed by atoms with Crippen molar-refractivity contribution in [3.8, 4) is 45.6 Å². The van der Waals surface area contributed by atoms with Crippen LogP contribution in [0, 0.1) is 0 Å². The molecule has 252 valence electrons. The quantitative estimate of drug-likeness (QED) is 0.160. The second-order valence-corrected chi connectivity index (χ2v) is 13.0. The van der Waals surface area contributed by atoms with E-state index in [2.05, 4.69) is 0 Å². The van der Waals surface area contributed by atoms with Gasteiger partial charge >= 0.3 is 0 Å². The predicted molar refractivity (Wildman–Crippen MR) is 215 cm³/mol. The summed E-state index contributed by atoms with van der Waals surface area (Å²) in [6.07, 6.45) is 0. The fourth-order valence-electron chi connectivity index (χ4n) is 7.22. The third kappa shape index (κ3) is 5.43. The highest BCUT2D eigenvalue weighted by Crippen LogP contribution is 2.33. The molecule has 0 amide bonds. The van der Waals surface area contributed by atoms with Crippen LogP contribution >= 0.6 is 0 Å². The third-order valence-electron chi connectivity index (χ3n) is 9.80. The summed E-state index contributed by atoms with van der Waals surface area (Å²) in [7, 11) is 0. The first-order valence-corrected chi connectivity index (χ1v) is 17.7. The van der Waals surface area contributed by atoms with Crippen LogP contribution in [0.25, 0.3) is 88.6 Å². The van der Waals surface area contributed by atoms with Gasteiger partial charge in [-0.1, -0.05) is 170 Å². The molecule has 54 heavy (non-hydrogen) atoms. The zero-order chi connectivity index (χ0) is 36.0. The lowest BCUT2D eigenvalue weighted by atomic mass is 10.0. The van der Waals surface area contributed by atoms with Crippen LogP contribution in [0.15, 0.2) is 170 Å². The molecule has 0 fully saturated rings. The van der Waals surface area contributed by atoms with E-state index in [1.165, 1.54) is 0 Å². The molecule has 0 radical (unpaired) electrons. The number of ketones is 1. The Labute approximate surface area is 309 Å². The van der Waals surface area contributed by atoms with E-state index in [1.807, 2.05) is 170 Å². The van der Waals surface area contributed by atoms with Crippen molar-refractivity contribution in [1.82, 2.24) is 29.9 Å². The molecule has 0 aliphatic heterocycles. The minimum atomic E-state index is -0.536. The van der Waals surface area contributed by atoms with Crippen LogP contribution in [0.5, 0.6) is 0 Å². The Bertz CT molecular complexity index is 2680. The largest absolute Gasteiger partial charge is 0.281 e. The van der Waals surface area contributed by atoms with E-state index in [0.29, 0.717) is 23.3 Å². The summed E-state index contributed by atoms with van der Waals surface area (Å²) < 4.78 is 0. The molecule has 0 aliphatic carbocycles. The molecule has 10 aromatic rings. The van der Waals surface area contributed by atoms with E-state index in [0.717, 1.165) is 65.3 Å². The van der Waals surface area contributed by atoms with Gasteiger partial charge in [-0.15, -0.1) is 0 Å². The first-order chi connectivity index (χ1) is 26.7. The smallest absolute Gasteiger partial charge is 0.267 e. The van der Waals surface area contributed by atoms with Crippen molar-refractivity contribution in [3.05, 3.63) is 182 Å². The van der Waals surface area contributed by atoms with Crippen LogP contribution in [0.1, 0.15) is 16.4 Å². The van der Waals surface area contributed by atoms with Gasteiger partial charge in [-0.25, -0.2) is 29.9 Å². The Kier molecular flexibility index (Phi) is 7.47. The fourth-order valence-corrected chi connectivity index (χ4v) is 7.22. The maximum atomic E-state index is 14.9. The standard InChI is InChI=1S/C47H28N6O/c54-41(46-50-42(37-25-9-17-29-13-1-5-21-33(29)37)48-43(51-46)38-26-10-18-30-14-2-6-22-34(30)38)47-52-44(39-27-11-19-31-15-3-7-23-35(31)39)49-45(53-47)40-28-12-20-32-16-4-8-24-36(32)40/h1-28H. The first kappa shape index (κ1) is 31.2. The van der Waals surface area contributed by atoms with Gasteiger partial charge in [0.25, 0.3) is 5.78 Å². The summed E-state index contributed by atoms with van der Waals surface area (Å²) in [5.74, 6) is 0.864. The number of hydrogen-bond acceptors (Lipinski definition) is 7. The Hall–Kier alpha value is -7.51. The molecule has 7 nitrogen and oxygen atoms in total. The zero-order valence-corrected chi connectivity index (χ0v) is 28.8. The highest BCUT2D eigenvalue weighted by Gasteiger charge is 2.24. The summed E-state index contributed by atoms with van der Waals surface area (Å²) in [6, 6.07) is 56.2. The van der Waals surface area contributed by atoms with Gasteiger partial charge in [0, 0.05) is 22.3 Å². The highest BCUT2D eigenvalue weighted by atomic mass is 16.1. The second-order valence-electron chi connectivity index (χ2n) is 13.0. The van der Waals surface area contributed by atoms with E-state index in [4.69, 9.17) is 29.9 Å². The van der Waals surface area contributed by atoms with Gasteiger partial charge in [-0.3, -0.25) is 4.79 Å². The number of carbonyl (C=O) groups excluding carboxylic acids is 1. The number of carbonyl (C=O) groups is 1. The first-order valence-electron chi connectivity index (χ1n) is 17.7. The van der Waals surface area contributed by atoms with Gasteiger partial charge < -0.3 is 0 Å². The molecule has 0 bridgehead atoms. The molecule has 10 rings (SSSR count). The summed E-state index contributed by atoms with van der Waals surface area (Å²) in [6.45, 7) is 0. The number of rotatable bonds is 6. The molecule has 0 atom stereocenters. The van der Waals surface area contributed by atoms with Gasteiger partial charge in [0.15, 0.2) is 23.3 Å². The summed E-state index contributed by atoms with van der Waals surface area (Å²) >= 11 is 0. The Morgan fingerprint density at radius 1 is 0.278 bits per heavy atom. The number of nitrogens with zero attached hydrogens (tertiary/aromatic N) is 6. The average Bonchev–Trinajstić information content (AvgIpc) is 3.25. The topological polar surface area (TPSA) is 94.4 Å². The molecule has 0 spiro atoms. The maximum Gasteiger partial charge on any atom is 0.267 e. The third-order valence-corrected chi connectivity index (χ3v) is 9.80. The molecule has 0 unspecified atom stereocenters. The molecule has 7 heteroatoms. The van der Waals surface area contributed by atoms with Crippen molar-refractivity contribution in [2.24, 2.45) is 0 Å². The molecule has 8 aromatic carbocycles. The molecule has 0 saturated carbocycles. The zero-order valence-electron chi connectivity index (χ0n) is 28.8. The summed E-state index contributed by atoms with van der Waals surface area (Å²) in [4.78, 5) is 44.4. The normalized spacial score (nSPS) is 11.4. The monoisotopic (exact) mass is 692 g/mol. The highest BCUT2D eigenvalue weighted by molar-refractivity contribution is 6.06. The van der Waals surface area contributed by atoms with Crippen molar-refractivity contribution >= 4 is 48.9 Å². The van der Waals surface area contributed by atoms with E-state index >= 15 is 0 Å². The fraction of sp³-hybridized carbons (Fsp3) is 0. The molecule has 0 aliphatic rings. The van der Waals surface area contributed by atoms with Crippen LogP contribution in [0.2, 0.25) is 0 Å². The Balaban J connectivity index is 1.22. The lowest BCUT2D eigenvalue weighted by molar-refractivity contribution is 0.101. The van der Waals surface area contributed by atoms with Gasteiger partial charge in [0.2, 0.25) is 11.6 Å². The van der Waals surface area contributed by atoms with E-state index in [-0.39, 0.29) is 11.6 Å². The number of benzene rings is 8. The average molecular weight is 693 g/mol. The molecule has 0 N–H and O–H groups in total. The predicted octanol–water partition coefficient (Wildman–Crippen LogP) is 10.6. The van der Waals surface area contributed by atoms with E-state index < -0.39 is 5.78 Å². The molecule has 2 aromatic heterocycles. The summed E-state index contributed by atoms with van der Waals surface area (Å²) in [5.41, 5.74) is 3.15. The van der Waals surface area contributed by atoms with Crippen LogP contribution < -0.4 is 0 Å². The molecule has 2 heterocycles. The van der Waals surface area contributed by atoms with Gasteiger partial charge in [-0.2, -0.15) is 0 Å². The van der Waals surface area contributed by atoms with Crippen LogP contribution in [0.4, 0.5) is 0 Å². The van der Waals surface area contributed by atoms with Crippen molar-refractivity contribution < 1.29 is 4.79 Å². The maximum absolute atomic E-state index is 14.9. The van der Waals surface area contributed by atoms with Gasteiger partial charge in [-0.05, 0) is 43.1 Å². The number of aromatic nitrogens is 6. The van der Waals surface area contributed by atoms with E-state index in [9.17, 15) is 4.79 Å². The Morgan fingerprint density at radius 3 is 0.796 bits per heavy atom. The van der Waals surface area contributed by atoms with Gasteiger partial charge in [0.05, 0.1) is 0 Å². The Morgan fingerprint density at radius 2 is 0.519 bits per heavy atom. The van der Waals surface area contributed by atoms with Crippen molar-refractivity contribution in [1.29, 1.82) is 0 Å². The SMILES string of the molecule is O=C(c1nc(-c2cccc3ccccc23)nc(-c2cccc3ccccc23)n1)c1nc(-c2cccc3ccccc23)nc(-c2cccc3ccccc23)n1. The van der Waals surface area contributed by atoms with Crippen molar-refractivity contribution in [2.45, 2.75) is 0 Å². The number of hydrogen-bond donors (Lipinski definition) is 0. The lowest BCUT2D eigenvalue weighted by Crippen LogP contribution is -2.15. The van der Waals surface area contributed by atoms with Crippen LogP contribution in [-0.2, 0) is 0 Å². The molecular formula is C47H28N6O. The van der Waals surface area contributed by atoms with Crippen LogP contribution in [0.3, 0.4) is 0 Å². The number of fused-ring (bicyclic) bond motifs is 4. The van der Waals surface area contributed by atoms with Crippen molar-refractivity contribution in [2.75, 3.05) is 0 Å². The van der Waals surface area contributed by atoms with Gasteiger partial charge in [0.1, 0.15) is 0 Å².